The Balaban J connectivity index is 2.06. The van der Waals surface area contributed by atoms with Crippen LogP contribution in [0, 0.1) is 19.7 Å². The van der Waals surface area contributed by atoms with E-state index < -0.39 is 34.3 Å². The van der Waals surface area contributed by atoms with Gasteiger partial charge in [-0.1, -0.05) is 73.5 Å². The van der Waals surface area contributed by atoms with Gasteiger partial charge in [-0.25, -0.2) is 12.8 Å². The van der Waals surface area contributed by atoms with Crippen molar-refractivity contribution >= 4 is 27.5 Å². The molecule has 0 aliphatic heterocycles. The number of aryl methyl sites for hydroxylation is 2. The lowest BCUT2D eigenvalue weighted by molar-refractivity contribution is -0.140. The van der Waals surface area contributed by atoms with Crippen molar-refractivity contribution in [3.63, 3.8) is 0 Å². The summed E-state index contributed by atoms with van der Waals surface area (Å²) in [6, 6.07) is 18.2. The molecule has 0 aliphatic carbocycles. The first kappa shape index (κ1) is 30.8. The van der Waals surface area contributed by atoms with Crippen LogP contribution >= 0.6 is 0 Å². The largest absolute Gasteiger partial charge is 0.352 e. The first-order chi connectivity index (χ1) is 19.0. The van der Waals surface area contributed by atoms with Gasteiger partial charge in [0.2, 0.25) is 11.8 Å². The van der Waals surface area contributed by atoms with Crippen molar-refractivity contribution in [1.82, 2.24) is 10.2 Å². The van der Waals surface area contributed by atoms with Gasteiger partial charge in [0, 0.05) is 12.6 Å². The average Bonchev–Trinajstić information content (AvgIpc) is 2.93. The van der Waals surface area contributed by atoms with Gasteiger partial charge in [0.15, 0.2) is 0 Å². The zero-order valence-corrected chi connectivity index (χ0v) is 24.5. The molecule has 0 heterocycles. The highest BCUT2D eigenvalue weighted by atomic mass is 32.2. The number of rotatable bonds is 12. The van der Waals surface area contributed by atoms with Gasteiger partial charge >= 0.3 is 0 Å². The van der Waals surface area contributed by atoms with Crippen LogP contribution in [0.2, 0.25) is 0 Å². The van der Waals surface area contributed by atoms with Gasteiger partial charge in [-0.3, -0.25) is 13.9 Å². The molecule has 1 N–H and O–H groups in total. The highest BCUT2D eigenvalue weighted by Crippen LogP contribution is 2.27. The third kappa shape index (κ3) is 7.47. The molecular weight excluding hydrogens is 529 g/mol. The molecule has 40 heavy (non-hydrogen) atoms. The van der Waals surface area contributed by atoms with E-state index in [1.165, 1.54) is 35.2 Å². The minimum Gasteiger partial charge on any atom is -0.352 e. The number of hydrogen-bond donors (Lipinski definition) is 1. The van der Waals surface area contributed by atoms with Gasteiger partial charge in [-0.15, -0.1) is 0 Å². The predicted octanol–water partition coefficient (Wildman–Crippen LogP) is 5.36. The molecule has 214 valence electrons. The number of halogens is 1. The summed E-state index contributed by atoms with van der Waals surface area (Å²) in [7, 11) is -4.33. The van der Waals surface area contributed by atoms with Crippen molar-refractivity contribution in [3.05, 3.63) is 95.3 Å². The maximum Gasteiger partial charge on any atom is 0.264 e. The van der Waals surface area contributed by atoms with Gasteiger partial charge in [0.1, 0.15) is 18.4 Å². The molecule has 0 spiro atoms. The highest BCUT2D eigenvalue weighted by molar-refractivity contribution is 7.92. The molecule has 2 amide bonds. The second-order valence-corrected chi connectivity index (χ2v) is 11.9. The standard InChI is InChI=1S/C31H38FN3O4S/c1-6-24(5)33-31(37)28(7-2)34(20-25-16-12-22(3)13-17-25)30(36)21-35(29-11-9-8-10-27(29)32)40(38,39)26-18-14-23(4)15-19-26/h8-19,24,28H,6-7,20-21H2,1-5H3,(H,33,37)/t24-,28-/m0/s1. The third-order valence-corrected chi connectivity index (χ3v) is 8.64. The second-order valence-electron chi connectivity index (χ2n) is 10.0. The van der Waals surface area contributed by atoms with Crippen LogP contribution in [0.4, 0.5) is 10.1 Å². The number of hydrogen-bond acceptors (Lipinski definition) is 4. The van der Waals surface area contributed by atoms with Gasteiger partial charge in [-0.05, 0) is 63.4 Å². The van der Waals surface area contributed by atoms with E-state index in [1.54, 1.807) is 19.1 Å². The molecule has 7 nitrogen and oxygen atoms in total. The smallest absolute Gasteiger partial charge is 0.264 e. The van der Waals surface area contributed by atoms with E-state index >= 15 is 4.39 Å². The van der Waals surface area contributed by atoms with Crippen LogP contribution in [-0.4, -0.2) is 43.8 Å². The molecular formula is C31H38FN3O4S. The molecule has 3 aromatic carbocycles. The molecule has 0 aromatic heterocycles. The number of carbonyl (C=O) groups excluding carboxylic acids is 2. The molecule has 3 aromatic rings. The highest BCUT2D eigenvalue weighted by Gasteiger charge is 2.34. The molecule has 3 rings (SSSR count). The Morgan fingerprint density at radius 2 is 1.45 bits per heavy atom. The Morgan fingerprint density at radius 1 is 0.875 bits per heavy atom. The lowest BCUT2D eigenvalue weighted by Gasteiger charge is -2.33. The molecule has 0 unspecified atom stereocenters. The molecule has 0 radical (unpaired) electrons. The fourth-order valence-electron chi connectivity index (χ4n) is 4.26. The van der Waals surface area contributed by atoms with E-state index in [-0.39, 0.29) is 29.1 Å². The summed E-state index contributed by atoms with van der Waals surface area (Å²) in [5, 5.41) is 2.94. The lowest BCUT2D eigenvalue weighted by atomic mass is 10.1. The summed E-state index contributed by atoms with van der Waals surface area (Å²) >= 11 is 0. The number of sulfonamides is 1. The van der Waals surface area contributed by atoms with E-state index in [1.807, 2.05) is 52.0 Å². The van der Waals surface area contributed by atoms with Crippen LogP contribution in [0.5, 0.6) is 0 Å². The van der Waals surface area contributed by atoms with Crippen LogP contribution in [0.1, 0.15) is 50.3 Å². The quantitative estimate of drug-likeness (QED) is 0.319. The first-order valence-electron chi connectivity index (χ1n) is 13.5. The SMILES string of the molecule is CC[C@H](C)NC(=O)[C@H](CC)N(Cc1ccc(C)cc1)C(=O)CN(c1ccccc1F)S(=O)(=O)c1ccc(C)cc1. The predicted molar refractivity (Wildman–Crippen MR) is 156 cm³/mol. The maximum absolute atomic E-state index is 15.0. The van der Waals surface area contributed by atoms with Crippen LogP contribution in [-0.2, 0) is 26.2 Å². The first-order valence-corrected chi connectivity index (χ1v) is 14.9. The van der Waals surface area contributed by atoms with Crippen molar-refractivity contribution in [1.29, 1.82) is 0 Å². The fraction of sp³-hybridized carbons (Fsp3) is 0.355. The Bertz CT molecular complexity index is 1410. The zero-order chi connectivity index (χ0) is 29.4. The number of anilines is 1. The minimum absolute atomic E-state index is 0.0687. The van der Waals surface area contributed by atoms with E-state index in [4.69, 9.17) is 0 Å². The summed E-state index contributed by atoms with van der Waals surface area (Å²) < 4.78 is 43.4. The van der Waals surface area contributed by atoms with Gasteiger partial charge in [0.25, 0.3) is 10.0 Å². The summed E-state index contributed by atoms with van der Waals surface area (Å²) in [5.41, 5.74) is 2.43. The van der Waals surface area contributed by atoms with Crippen molar-refractivity contribution < 1.29 is 22.4 Å². The molecule has 0 fully saturated rings. The average molecular weight is 568 g/mol. The fourth-order valence-corrected chi connectivity index (χ4v) is 5.68. The Morgan fingerprint density at radius 3 is 2.00 bits per heavy atom. The van der Waals surface area contributed by atoms with Gasteiger partial charge < -0.3 is 10.2 Å². The number of amides is 2. The maximum atomic E-state index is 15.0. The minimum atomic E-state index is -4.33. The van der Waals surface area contributed by atoms with E-state index in [0.29, 0.717) is 12.8 Å². The molecule has 2 atom stereocenters. The van der Waals surface area contributed by atoms with Crippen LogP contribution in [0.3, 0.4) is 0 Å². The molecule has 0 aliphatic rings. The molecule has 0 saturated heterocycles. The third-order valence-electron chi connectivity index (χ3n) is 6.87. The Kier molecular flexibility index (Phi) is 10.5. The summed E-state index contributed by atoms with van der Waals surface area (Å²) in [4.78, 5) is 28.6. The van der Waals surface area contributed by atoms with Crippen molar-refractivity contribution in [2.24, 2.45) is 0 Å². The number of carbonyl (C=O) groups is 2. The number of benzene rings is 3. The molecule has 0 bridgehead atoms. The van der Waals surface area contributed by atoms with Crippen LogP contribution in [0.25, 0.3) is 0 Å². The second kappa shape index (κ2) is 13.6. The zero-order valence-electron chi connectivity index (χ0n) is 23.7. The Labute approximate surface area is 237 Å². The monoisotopic (exact) mass is 567 g/mol. The molecule has 9 heteroatoms. The summed E-state index contributed by atoms with van der Waals surface area (Å²) in [5.74, 6) is -1.72. The van der Waals surface area contributed by atoms with Gasteiger partial charge in [0.05, 0.1) is 10.6 Å². The molecule has 0 saturated carbocycles. The number of nitrogens with one attached hydrogen (secondary N) is 1. The van der Waals surface area contributed by atoms with Crippen molar-refractivity contribution in [2.45, 2.75) is 71.0 Å². The topological polar surface area (TPSA) is 86.8 Å². The Hall–Kier alpha value is -3.72. The van der Waals surface area contributed by atoms with E-state index in [2.05, 4.69) is 5.32 Å². The number of para-hydroxylation sites is 1. The lowest BCUT2D eigenvalue weighted by Crippen LogP contribution is -2.53. The van der Waals surface area contributed by atoms with E-state index in [9.17, 15) is 18.0 Å². The van der Waals surface area contributed by atoms with Crippen LogP contribution < -0.4 is 9.62 Å². The van der Waals surface area contributed by atoms with E-state index in [0.717, 1.165) is 27.1 Å². The van der Waals surface area contributed by atoms with Crippen molar-refractivity contribution in [2.75, 3.05) is 10.8 Å². The number of nitrogens with zero attached hydrogens (tertiary/aromatic N) is 2. The summed E-state index contributed by atoms with van der Waals surface area (Å²) in [6.45, 7) is 8.80. The van der Waals surface area contributed by atoms with Crippen LogP contribution in [0.15, 0.2) is 77.7 Å². The summed E-state index contributed by atoms with van der Waals surface area (Å²) in [6.07, 6.45) is 1.02. The van der Waals surface area contributed by atoms with Crippen molar-refractivity contribution in [3.8, 4) is 0 Å². The van der Waals surface area contributed by atoms with Gasteiger partial charge in [-0.2, -0.15) is 0 Å². The normalized spacial score (nSPS) is 12.8.